The topological polar surface area (TPSA) is 60.7 Å². The molecule has 146 valence electrons. The highest BCUT2D eigenvalue weighted by Gasteiger charge is 2.40. The Bertz CT molecular complexity index is 513. The number of unbranched alkanes of at least 4 members (excludes halogenated alkanes) is 2. The number of aliphatic hydroxyl groups is 3. The van der Waals surface area contributed by atoms with Crippen molar-refractivity contribution in [2.45, 2.75) is 83.0 Å². The molecule has 1 aromatic carbocycles. The highest BCUT2D eigenvalue weighted by atomic mass is 16.3. The van der Waals surface area contributed by atoms with Crippen molar-refractivity contribution in [1.29, 1.82) is 0 Å². The molecule has 0 heterocycles. The van der Waals surface area contributed by atoms with Gasteiger partial charge < -0.3 is 15.3 Å². The lowest BCUT2D eigenvalue weighted by Crippen LogP contribution is -2.23. The molecule has 1 aromatic rings. The fourth-order valence-electron chi connectivity index (χ4n) is 4.11. The number of hydrogen-bond donors (Lipinski definition) is 3. The molecule has 0 saturated heterocycles. The van der Waals surface area contributed by atoms with E-state index < -0.39 is 12.2 Å². The molecule has 3 heteroatoms. The Hall–Kier alpha value is -1.16. The van der Waals surface area contributed by atoms with Gasteiger partial charge in [-0.2, -0.15) is 0 Å². The maximum Gasteiger partial charge on any atom is 0.0599 e. The summed E-state index contributed by atoms with van der Waals surface area (Å²) in [5, 5.41) is 30.9. The normalized spacial score (nSPS) is 27.2. The van der Waals surface area contributed by atoms with Crippen LogP contribution in [0.15, 0.2) is 42.5 Å². The number of aryl methyl sites for hydroxylation is 1. The van der Waals surface area contributed by atoms with Crippen LogP contribution < -0.4 is 0 Å². The van der Waals surface area contributed by atoms with Crippen LogP contribution in [0.5, 0.6) is 0 Å². The lowest BCUT2D eigenvalue weighted by Gasteiger charge is -2.23. The van der Waals surface area contributed by atoms with Gasteiger partial charge in [-0.25, -0.2) is 0 Å². The molecule has 0 amide bonds. The second-order valence-corrected chi connectivity index (χ2v) is 7.80. The lowest BCUT2D eigenvalue weighted by molar-refractivity contribution is 0.0857. The highest BCUT2D eigenvalue weighted by Crippen LogP contribution is 2.38. The molecule has 1 aliphatic rings. The molecule has 3 N–H and O–H groups in total. The number of allylic oxidation sites excluding steroid dienone is 2. The standard InChI is InChI=1S/C23H36O3/c1-2-3-4-5-9-12-20-21(23(26)17-22(20)25)16-15-19(24)14-13-18-10-7-6-8-11-18/h5-11,19-26H,2-4,12-17H2,1H3. The molecule has 5 atom stereocenters. The van der Waals surface area contributed by atoms with Crippen molar-refractivity contribution in [2.75, 3.05) is 0 Å². The number of hydrogen-bond acceptors (Lipinski definition) is 3. The summed E-state index contributed by atoms with van der Waals surface area (Å²) in [4.78, 5) is 0. The molecule has 1 aliphatic carbocycles. The SMILES string of the molecule is CCCCC=CCC1C(O)CC(O)C1CCC(O)CCc1ccccc1. The first-order valence-electron chi connectivity index (χ1n) is 10.3. The minimum absolute atomic E-state index is 0.0900. The summed E-state index contributed by atoms with van der Waals surface area (Å²) in [6.07, 6.45) is 11.0. The minimum atomic E-state index is -0.444. The zero-order valence-corrected chi connectivity index (χ0v) is 16.1. The van der Waals surface area contributed by atoms with Gasteiger partial charge in [0.05, 0.1) is 18.3 Å². The Morgan fingerprint density at radius 2 is 1.77 bits per heavy atom. The first-order valence-corrected chi connectivity index (χ1v) is 10.3. The zero-order valence-electron chi connectivity index (χ0n) is 16.1. The molecule has 5 unspecified atom stereocenters. The number of aliphatic hydroxyl groups excluding tert-OH is 3. The maximum atomic E-state index is 10.3. The van der Waals surface area contributed by atoms with Gasteiger partial charge in [-0.1, -0.05) is 62.2 Å². The summed E-state index contributed by atoms with van der Waals surface area (Å²) in [7, 11) is 0. The van der Waals surface area contributed by atoms with Gasteiger partial charge in [-0.3, -0.25) is 0 Å². The van der Waals surface area contributed by atoms with Crippen LogP contribution in [0, 0.1) is 11.8 Å². The van der Waals surface area contributed by atoms with E-state index in [9.17, 15) is 15.3 Å². The number of benzene rings is 1. The monoisotopic (exact) mass is 360 g/mol. The average Bonchev–Trinajstić information content (AvgIpc) is 2.91. The highest BCUT2D eigenvalue weighted by molar-refractivity contribution is 5.14. The van der Waals surface area contributed by atoms with Crippen molar-refractivity contribution in [1.82, 2.24) is 0 Å². The summed E-state index contributed by atoms with van der Waals surface area (Å²) in [6.45, 7) is 2.18. The molecule has 2 rings (SSSR count). The van der Waals surface area contributed by atoms with E-state index in [1.165, 1.54) is 18.4 Å². The molecule has 1 saturated carbocycles. The second kappa shape index (κ2) is 11.5. The molecule has 0 spiro atoms. The van der Waals surface area contributed by atoms with E-state index in [0.717, 1.165) is 32.1 Å². The van der Waals surface area contributed by atoms with Crippen LogP contribution in [-0.2, 0) is 6.42 Å². The smallest absolute Gasteiger partial charge is 0.0599 e. The number of rotatable bonds is 11. The van der Waals surface area contributed by atoms with E-state index in [0.29, 0.717) is 12.8 Å². The third kappa shape index (κ3) is 6.86. The summed E-state index contributed by atoms with van der Waals surface area (Å²) in [6, 6.07) is 10.2. The molecule has 0 radical (unpaired) electrons. The summed E-state index contributed by atoms with van der Waals surface area (Å²) in [5.41, 5.74) is 1.25. The Labute approximate surface area is 158 Å². The van der Waals surface area contributed by atoms with Gasteiger partial charge in [0, 0.05) is 0 Å². The van der Waals surface area contributed by atoms with E-state index >= 15 is 0 Å². The molecule has 1 fully saturated rings. The van der Waals surface area contributed by atoms with Gasteiger partial charge in [-0.15, -0.1) is 0 Å². The van der Waals surface area contributed by atoms with Crippen LogP contribution in [-0.4, -0.2) is 33.6 Å². The first kappa shape index (κ1) is 21.1. The zero-order chi connectivity index (χ0) is 18.8. The first-order chi connectivity index (χ1) is 12.6. The van der Waals surface area contributed by atoms with Crippen LogP contribution in [0.3, 0.4) is 0 Å². The van der Waals surface area contributed by atoms with Gasteiger partial charge in [-0.05, 0) is 62.3 Å². The van der Waals surface area contributed by atoms with Crippen LogP contribution >= 0.6 is 0 Å². The fraction of sp³-hybridized carbons (Fsp3) is 0.652. The Morgan fingerprint density at radius 3 is 2.50 bits per heavy atom. The molecule has 0 bridgehead atoms. The predicted octanol–water partition coefficient (Wildman–Crippen LogP) is 4.25. The van der Waals surface area contributed by atoms with E-state index in [1.54, 1.807) is 0 Å². The second-order valence-electron chi connectivity index (χ2n) is 7.80. The lowest BCUT2D eigenvalue weighted by atomic mass is 9.85. The summed E-state index contributed by atoms with van der Waals surface area (Å²) in [5.74, 6) is 0.205. The van der Waals surface area contributed by atoms with E-state index in [2.05, 4.69) is 31.2 Å². The van der Waals surface area contributed by atoms with E-state index in [1.807, 2.05) is 18.2 Å². The maximum absolute atomic E-state index is 10.3. The van der Waals surface area contributed by atoms with Gasteiger partial charge in [0.25, 0.3) is 0 Å². The molecule has 0 aliphatic heterocycles. The Kier molecular flexibility index (Phi) is 9.38. The van der Waals surface area contributed by atoms with Crippen molar-refractivity contribution in [2.24, 2.45) is 11.8 Å². The van der Waals surface area contributed by atoms with Crippen LogP contribution in [0.1, 0.15) is 63.9 Å². The van der Waals surface area contributed by atoms with Gasteiger partial charge in [0.1, 0.15) is 0 Å². The predicted molar refractivity (Wildman–Crippen MR) is 107 cm³/mol. The van der Waals surface area contributed by atoms with Gasteiger partial charge in [0.2, 0.25) is 0 Å². The van der Waals surface area contributed by atoms with Crippen molar-refractivity contribution in [3.63, 3.8) is 0 Å². The quantitative estimate of drug-likeness (QED) is 0.408. The fourth-order valence-corrected chi connectivity index (χ4v) is 4.11. The van der Waals surface area contributed by atoms with Gasteiger partial charge in [0.15, 0.2) is 0 Å². The summed E-state index contributed by atoms with van der Waals surface area (Å²) < 4.78 is 0. The summed E-state index contributed by atoms with van der Waals surface area (Å²) >= 11 is 0. The molecule has 3 nitrogen and oxygen atoms in total. The van der Waals surface area contributed by atoms with E-state index in [-0.39, 0.29) is 17.9 Å². The van der Waals surface area contributed by atoms with Crippen LogP contribution in [0.2, 0.25) is 0 Å². The van der Waals surface area contributed by atoms with Crippen molar-refractivity contribution >= 4 is 0 Å². The minimum Gasteiger partial charge on any atom is -0.393 e. The molecular formula is C23H36O3. The van der Waals surface area contributed by atoms with Crippen molar-refractivity contribution in [3.8, 4) is 0 Å². The van der Waals surface area contributed by atoms with Crippen molar-refractivity contribution in [3.05, 3.63) is 48.0 Å². The van der Waals surface area contributed by atoms with Crippen LogP contribution in [0.25, 0.3) is 0 Å². The van der Waals surface area contributed by atoms with Crippen molar-refractivity contribution < 1.29 is 15.3 Å². The third-order valence-corrected chi connectivity index (χ3v) is 5.76. The Morgan fingerprint density at radius 1 is 1.04 bits per heavy atom. The van der Waals surface area contributed by atoms with E-state index in [4.69, 9.17) is 0 Å². The molecular weight excluding hydrogens is 324 g/mol. The molecule has 26 heavy (non-hydrogen) atoms. The largest absolute Gasteiger partial charge is 0.393 e. The van der Waals surface area contributed by atoms with Crippen LogP contribution in [0.4, 0.5) is 0 Å². The Balaban J connectivity index is 1.76. The third-order valence-electron chi connectivity index (χ3n) is 5.76. The average molecular weight is 361 g/mol. The van der Waals surface area contributed by atoms with Gasteiger partial charge >= 0.3 is 0 Å². The molecule has 0 aromatic heterocycles.